The lowest BCUT2D eigenvalue weighted by molar-refractivity contribution is 0.0928. The molecule has 0 saturated carbocycles. The van der Waals surface area contributed by atoms with E-state index in [4.69, 9.17) is 0 Å². The molecule has 3 aromatic rings. The molecule has 2 aromatic heterocycles. The summed E-state index contributed by atoms with van der Waals surface area (Å²) in [7, 11) is 1.78. The number of rotatable bonds is 6. The van der Waals surface area contributed by atoms with Gasteiger partial charge in [0, 0.05) is 31.4 Å². The summed E-state index contributed by atoms with van der Waals surface area (Å²) in [6.07, 6.45) is 5.34. The fraction of sp³-hybridized carbons (Fsp3) is 0.188. The normalized spacial score (nSPS) is 11.9. The van der Waals surface area contributed by atoms with E-state index in [1.54, 1.807) is 25.0 Å². The summed E-state index contributed by atoms with van der Waals surface area (Å²) in [6, 6.07) is 9.73. The molecule has 7 heteroatoms. The summed E-state index contributed by atoms with van der Waals surface area (Å²) in [5, 5.41) is 8.47. The average Bonchev–Trinajstić information content (AvgIpc) is 3.26. The van der Waals surface area contributed by atoms with Crippen LogP contribution in [-0.4, -0.2) is 27.5 Å². The van der Waals surface area contributed by atoms with Crippen molar-refractivity contribution in [2.24, 2.45) is 0 Å². The van der Waals surface area contributed by atoms with Gasteiger partial charge in [-0.3, -0.25) is 4.79 Å². The van der Waals surface area contributed by atoms with Crippen LogP contribution < -0.4 is 10.6 Å². The fourth-order valence-electron chi connectivity index (χ4n) is 2.25. The van der Waals surface area contributed by atoms with Crippen molar-refractivity contribution in [1.82, 2.24) is 19.9 Å². The molecule has 0 aliphatic heterocycles. The van der Waals surface area contributed by atoms with Crippen LogP contribution in [0.4, 0.5) is 5.13 Å². The van der Waals surface area contributed by atoms with Crippen LogP contribution in [0.25, 0.3) is 0 Å². The summed E-state index contributed by atoms with van der Waals surface area (Å²) in [6.45, 7) is 0.610. The molecule has 1 atom stereocenters. The molecule has 0 bridgehead atoms. The quantitative estimate of drug-likeness (QED) is 0.730. The Hall–Kier alpha value is -2.67. The van der Waals surface area contributed by atoms with Crippen molar-refractivity contribution in [3.05, 3.63) is 65.7 Å². The third kappa shape index (κ3) is 3.75. The van der Waals surface area contributed by atoms with E-state index in [1.165, 1.54) is 11.3 Å². The number of imidazole rings is 1. The van der Waals surface area contributed by atoms with Crippen LogP contribution in [0.3, 0.4) is 0 Å². The van der Waals surface area contributed by atoms with Crippen molar-refractivity contribution in [2.75, 3.05) is 12.4 Å². The summed E-state index contributed by atoms with van der Waals surface area (Å²) in [5.41, 5.74) is 1.46. The Balaban J connectivity index is 1.79. The molecule has 2 heterocycles. The SMILES string of the molecule is CNc1nc(C(=O)N[C@H](Cn2ccnc2)c2ccccc2)cs1. The van der Waals surface area contributed by atoms with Gasteiger partial charge < -0.3 is 15.2 Å². The van der Waals surface area contributed by atoms with Crippen LogP contribution >= 0.6 is 11.3 Å². The third-order valence-corrected chi connectivity index (χ3v) is 4.27. The zero-order valence-corrected chi connectivity index (χ0v) is 13.5. The number of amides is 1. The van der Waals surface area contributed by atoms with Gasteiger partial charge in [-0.05, 0) is 5.56 Å². The zero-order chi connectivity index (χ0) is 16.1. The largest absolute Gasteiger partial charge is 0.365 e. The first-order valence-corrected chi connectivity index (χ1v) is 8.09. The lowest BCUT2D eigenvalue weighted by Gasteiger charge is -2.19. The predicted molar refractivity (Wildman–Crippen MR) is 90.5 cm³/mol. The lowest BCUT2D eigenvalue weighted by Crippen LogP contribution is -2.31. The van der Waals surface area contributed by atoms with Crippen molar-refractivity contribution in [3.8, 4) is 0 Å². The van der Waals surface area contributed by atoms with E-state index in [0.29, 0.717) is 12.2 Å². The molecule has 118 valence electrons. The number of nitrogens with zero attached hydrogens (tertiary/aromatic N) is 3. The number of hydrogen-bond donors (Lipinski definition) is 2. The number of anilines is 1. The summed E-state index contributed by atoms with van der Waals surface area (Å²) in [5.74, 6) is -0.184. The van der Waals surface area contributed by atoms with E-state index in [9.17, 15) is 4.79 Å². The van der Waals surface area contributed by atoms with Gasteiger partial charge >= 0.3 is 0 Å². The first kappa shape index (κ1) is 15.2. The first-order valence-electron chi connectivity index (χ1n) is 7.21. The molecule has 1 aromatic carbocycles. The highest BCUT2D eigenvalue weighted by atomic mass is 32.1. The molecule has 0 aliphatic rings. The zero-order valence-electron chi connectivity index (χ0n) is 12.6. The van der Waals surface area contributed by atoms with Gasteiger partial charge in [-0.15, -0.1) is 11.3 Å². The molecule has 0 fully saturated rings. The van der Waals surface area contributed by atoms with Crippen molar-refractivity contribution in [3.63, 3.8) is 0 Å². The number of carbonyl (C=O) groups excluding carboxylic acids is 1. The Bertz CT molecular complexity index is 754. The number of benzene rings is 1. The van der Waals surface area contributed by atoms with Gasteiger partial charge in [-0.1, -0.05) is 30.3 Å². The number of carbonyl (C=O) groups is 1. The van der Waals surface area contributed by atoms with E-state index in [0.717, 1.165) is 10.7 Å². The van der Waals surface area contributed by atoms with Crippen molar-refractivity contribution < 1.29 is 4.79 Å². The average molecular weight is 327 g/mol. The number of thiazole rings is 1. The van der Waals surface area contributed by atoms with Crippen molar-refractivity contribution >= 4 is 22.4 Å². The van der Waals surface area contributed by atoms with E-state index in [-0.39, 0.29) is 11.9 Å². The number of hydrogen-bond acceptors (Lipinski definition) is 5. The minimum absolute atomic E-state index is 0.155. The Morgan fingerprint density at radius 1 is 1.35 bits per heavy atom. The smallest absolute Gasteiger partial charge is 0.271 e. The van der Waals surface area contributed by atoms with Crippen LogP contribution in [0.15, 0.2) is 54.4 Å². The minimum atomic E-state index is -0.184. The molecule has 0 aliphatic carbocycles. The summed E-state index contributed by atoms with van der Waals surface area (Å²) in [4.78, 5) is 20.8. The lowest BCUT2D eigenvalue weighted by atomic mass is 10.1. The maximum atomic E-state index is 12.5. The second-order valence-corrected chi connectivity index (χ2v) is 5.84. The van der Waals surface area contributed by atoms with Gasteiger partial charge in [0.1, 0.15) is 5.69 Å². The highest BCUT2D eigenvalue weighted by Gasteiger charge is 2.18. The molecule has 0 radical (unpaired) electrons. The second kappa shape index (κ2) is 7.06. The Morgan fingerprint density at radius 3 is 2.83 bits per heavy atom. The highest BCUT2D eigenvalue weighted by molar-refractivity contribution is 7.13. The first-order chi connectivity index (χ1) is 11.3. The van der Waals surface area contributed by atoms with Gasteiger partial charge in [0.25, 0.3) is 5.91 Å². The van der Waals surface area contributed by atoms with Crippen LogP contribution in [0.2, 0.25) is 0 Å². The third-order valence-electron chi connectivity index (χ3n) is 3.41. The van der Waals surface area contributed by atoms with E-state index < -0.39 is 0 Å². The molecule has 0 saturated heterocycles. The fourth-order valence-corrected chi connectivity index (χ4v) is 2.90. The molecule has 3 rings (SSSR count). The topological polar surface area (TPSA) is 71.8 Å². The molecular formula is C16H17N5OS. The molecular weight excluding hydrogens is 310 g/mol. The number of aromatic nitrogens is 3. The Morgan fingerprint density at radius 2 is 2.17 bits per heavy atom. The van der Waals surface area contributed by atoms with Gasteiger partial charge in [0.15, 0.2) is 5.13 Å². The molecule has 0 spiro atoms. The monoisotopic (exact) mass is 327 g/mol. The minimum Gasteiger partial charge on any atom is -0.365 e. The van der Waals surface area contributed by atoms with E-state index >= 15 is 0 Å². The maximum absolute atomic E-state index is 12.5. The summed E-state index contributed by atoms with van der Waals surface area (Å²) >= 11 is 1.41. The van der Waals surface area contributed by atoms with E-state index in [2.05, 4.69) is 20.6 Å². The molecule has 0 unspecified atom stereocenters. The second-order valence-electron chi connectivity index (χ2n) is 4.98. The predicted octanol–water partition coefficient (Wildman–Crippen LogP) is 2.55. The van der Waals surface area contributed by atoms with E-state index in [1.807, 2.05) is 41.1 Å². The molecule has 6 nitrogen and oxygen atoms in total. The molecule has 23 heavy (non-hydrogen) atoms. The standard InChI is InChI=1S/C16H17N5OS/c1-17-16-20-14(10-23-16)15(22)19-13(9-21-8-7-18-11-21)12-5-3-2-4-6-12/h2-8,10-11,13H,9H2,1H3,(H,17,20)(H,19,22)/t13-/m1/s1. The Kier molecular flexibility index (Phi) is 4.68. The van der Waals surface area contributed by atoms with Gasteiger partial charge in [0.2, 0.25) is 0 Å². The van der Waals surface area contributed by atoms with Gasteiger partial charge in [-0.25, -0.2) is 9.97 Å². The molecule has 1 amide bonds. The van der Waals surface area contributed by atoms with Gasteiger partial charge in [-0.2, -0.15) is 0 Å². The van der Waals surface area contributed by atoms with Crippen LogP contribution in [0.5, 0.6) is 0 Å². The summed E-state index contributed by atoms with van der Waals surface area (Å²) < 4.78 is 1.94. The number of nitrogens with one attached hydrogen (secondary N) is 2. The van der Waals surface area contributed by atoms with Crippen LogP contribution in [0, 0.1) is 0 Å². The molecule has 2 N–H and O–H groups in total. The Labute approximate surface area is 138 Å². The van der Waals surface area contributed by atoms with Crippen LogP contribution in [0.1, 0.15) is 22.1 Å². The van der Waals surface area contributed by atoms with Gasteiger partial charge in [0.05, 0.1) is 12.4 Å². The van der Waals surface area contributed by atoms with Crippen molar-refractivity contribution in [2.45, 2.75) is 12.6 Å². The van der Waals surface area contributed by atoms with Crippen molar-refractivity contribution in [1.29, 1.82) is 0 Å². The highest BCUT2D eigenvalue weighted by Crippen LogP contribution is 2.18. The maximum Gasteiger partial charge on any atom is 0.271 e. The van der Waals surface area contributed by atoms with Crippen LogP contribution in [-0.2, 0) is 6.54 Å².